The van der Waals surface area contributed by atoms with Gasteiger partial charge in [0.05, 0.1) is 0 Å². The van der Waals surface area contributed by atoms with Crippen LogP contribution in [0.2, 0.25) is 0 Å². The second-order valence-corrected chi connectivity index (χ2v) is 4.05. The van der Waals surface area contributed by atoms with Crippen molar-refractivity contribution < 1.29 is 10.0 Å². The molecule has 0 radical (unpaired) electrons. The lowest BCUT2D eigenvalue weighted by Crippen LogP contribution is -2.14. The Labute approximate surface area is 102 Å². The van der Waals surface area contributed by atoms with Crippen LogP contribution in [-0.2, 0) is 0 Å². The van der Waals surface area contributed by atoms with Crippen molar-refractivity contribution in [3.8, 4) is 0 Å². The first kappa shape index (κ1) is 13.4. The van der Waals surface area contributed by atoms with Crippen molar-refractivity contribution in [1.29, 1.82) is 0 Å². The molecule has 0 aliphatic rings. The van der Waals surface area contributed by atoms with Crippen LogP contribution in [0.5, 0.6) is 0 Å². The zero-order chi connectivity index (χ0) is 12.5. The summed E-state index contributed by atoms with van der Waals surface area (Å²) in [5.74, 6) is -0.176. The Balaban J connectivity index is 2.54. The first-order chi connectivity index (χ1) is 8.29. The Hall–Kier alpha value is -1.64. The molecule has 1 aromatic carbocycles. The predicted molar refractivity (Wildman–Crippen MR) is 68.8 cm³/mol. The summed E-state index contributed by atoms with van der Waals surface area (Å²) >= 11 is 0. The molecule has 0 atom stereocenters. The molecule has 1 N–H and O–H groups in total. The molecule has 0 spiro atoms. The maximum Gasteiger partial charge on any atom is 0.210 e. The number of oxime groups is 1. The van der Waals surface area contributed by atoms with Gasteiger partial charge in [-0.2, -0.15) is 0 Å². The molecule has 0 saturated carbocycles. The molecule has 3 nitrogen and oxygen atoms in total. The summed E-state index contributed by atoms with van der Waals surface area (Å²) in [6, 6.07) is 8.94. The highest BCUT2D eigenvalue weighted by molar-refractivity contribution is 6.45. The standard InChI is InChI=1S/C14H19NO2/c1-2-3-4-8-11-13(15-17)14(16)12-9-6-5-7-10-12/h5-7,9-10,17H,2-4,8,11H2,1H3. The molecule has 1 rings (SSSR count). The summed E-state index contributed by atoms with van der Waals surface area (Å²) in [5.41, 5.74) is 0.836. The SMILES string of the molecule is CCCCCCC(=NO)C(=O)c1ccccc1. The van der Waals surface area contributed by atoms with Gasteiger partial charge in [0.1, 0.15) is 5.71 Å². The van der Waals surface area contributed by atoms with E-state index in [1.54, 1.807) is 24.3 Å². The van der Waals surface area contributed by atoms with Gasteiger partial charge in [0.15, 0.2) is 0 Å². The molecule has 0 unspecified atom stereocenters. The van der Waals surface area contributed by atoms with Crippen LogP contribution in [0.15, 0.2) is 35.5 Å². The van der Waals surface area contributed by atoms with Gasteiger partial charge in [0.2, 0.25) is 5.78 Å². The van der Waals surface area contributed by atoms with E-state index >= 15 is 0 Å². The number of benzene rings is 1. The number of rotatable bonds is 7. The molecule has 17 heavy (non-hydrogen) atoms. The summed E-state index contributed by atoms with van der Waals surface area (Å²) in [6.45, 7) is 2.14. The molecule has 3 heteroatoms. The molecule has 0 heterocycles. The molecule has 0 saturated heterocycles. The second kappa shape index (κ2) is 7.60. The van der Waals surface area contributed by atoms with Gasteiger partial charge in [-0.15, -0.1) is 0 Å². The summed E-state index contributed by atoms with van der Waals surface area (Å²) in [7, 11) is 0. The monoisotopic (exact) mass is 233 g/mol. The molecule has 0 aromatic heterocycles. The number of ketones is 1. The van der Waals surface area contributed by atoms with Crippen molar-refractivity contribution in [3.63, 3.8) is 0 Å². The minimum atomic E-state index is -0.176. The van der Waals surface area contributed by atoms with Crippen molar-refractivity contribution in [1.82, 2.24) is 0 Å². The van der Waals surface area contributed by atoms with Crippen molar-refractivity contribution in [2.45, 2.75) is 39.0 Å². The van der Waals surface area contributed by atoms with Crippen LogP contribution in [0.4, 0.5) is 0 Å². The first-order valence-corrected chi connectivity index (χ1v) is 6.10. The minimum Gasteiger partial charge on any atom is -0.411 e. The van der Waals surface area contributed by atoms with Gasteiger partial charge in [0.25, 0.3) is 0 Å². The van der Waals surface area contributed by atoms with E-state index in [0.717, 1.165) is 25.7 Å². The number of nitrogens with zero attached hydrogens (tertiary/aromatic N) is 1. The van der Waals surface area contributed by atoms with E-state index in [4.69, 9.17) is 5.21 Å². The Morgan fingerprint density at radius 1 is 1.18 bits per heavy atom. The zero-order valence-corrected chi connectivity index (χ0v) is 10.2. The Bertz CT molecular complexity index is 371. The van der Waals surface area contributed by atoms with E-state index in [2.05, 4.69) is 12.1 Å². The molecule has 1 aromatic rings. The third kappa shape index (κ3) is 4.39. The van der Waals surface area contributed by atoms with Crippen LogP contribution >= 0.6 is 0 Å². The van der Waals surface area contributed by atoms with Gasteiger partial charge < -0.3 is 5.21 Å². The van der Waals surface area contributed by atoms with Crippen molar-refractivity contribution >= 4 is 11.5 Å². The van der Waals surface area contributed by atoms with Crippen molar-refractivity contribution in [3.05, 3.63) is 35.9 Å². The van der Waals surface area contributed by atoms with Crippen LogP contribution in [0.3, 0.4) is 0 Å². The highest BCUT2D eigenvalue weighted by Crippen LogP contribution is 2.08. The summed E-state index contributed by atoms with van der Waals surface area (Å²) in [6.07, 6.45) is 4.81. The van der Waals surface area contributed by atoms with Crippen molar-refractivity contribution in [2.75, 3.05) is 0 Å². The van der Waals surface area contributed by atoms with Crippen LogP contribution in [0.1, 0.15) is 49.4 Å². The number of Topliss-reactive ketones (excluding diaryl/α,β-unsaturated/α-hetero) is 1. The van der Waals surface area contributed by atoms with Gasteiger partial charge in [0, 0.05) is 5.56 Å². The number of carbonyl (C=O) groups is 1. The molecule has 0 amide bonds. The zero-order valence-electron chi connectivity index (χ0n) is 10.2. The fraction of sp³-hybridized carbons (Fsp3) is 0.429. The first-order valence-electron chi connectivity index (χ1n) is 6.10. The van der Waals surface area contributed by atoms with Crippen LogP contribution in [-0.4, -0.2) is 16.7 Å². The fourth-order valence-corrected chi connectivity index (χ4v) is 1.68. The molecule has 0 aliphatic carbocycles. The van der Waals surface area contributed by atoms with E-state index in [1.165, 1.54) is 0 Å². The predicted octanol–water partition coefficient (Wildman–Crippen LogP) is 3.67. The molecular weight excluding hydrogens is 214 g/mol. The lowest BCUT2D eigenvalue weighted by Gasteiger charge is -2.03. The van der Waals surface area contributed by atoms with Gasteiger partial charge in [-0.1, -0.05) is 61.7 Å². The smallest absolute Gasteiger partial charge is 0.210 e. The van der Waals surface area contributed by atoms with Crippen LogP contribution in [0, 0.1) is 0 Å². The molecular formula is C14H19NO2. The van der Waals surface area contributed by atoms with Gasteiger partial charge in [-0.05, 0) is 12.8 Å². The quantitative estimate of drug-likeness (QED) is 0.257. The highest BCUT2D eigenvalue weighted by atomic mass is 16.4. The minimum absolute atomic E-state index is 0.176. The maximum absolute atomic E-state index is 11.9. The van der Waals surface area contributed by atoms with E-state index in [0.29, 0.717) is 12.0 Å². The number of hydrogen-bond donors (Lipinski definition) is 1. The van der Waals surface area contributed by atoms with Gasteiger partial charge in [-0.25, -0.2) is 0 Å². The molecule has 92 valence electrons. The van der Waals surface area contributed by atoms with Crippen LogP contribution < -0.4 is 0 Å². The van der Waals surface area contributed by atoms with E-state index in [1.807, 2.05) is 6.07 Å². The lowest BCUT2D eigenvalue weighted by molar-refractivity contribution is 0.105. The topological polar surface area (TPSA) is 49.7 Å². The third-order valence-electron chi connectivity index (χ3n) is 2.69. The fourth-order valence-electron chi connectivity index (χ4n) is 1.68. The molecule has 0 aliphatic heterocycles. The number of unbranched alkanes of at least 4 members (excludes halogenated alkanes) is 3. The Morgan fingerprint density at radius 3 is 2.47 bits per heavy atom. The second-order valence-electron chi connectivity index (χ2n) is 4.05. The Morgan fingerprint density at radius 2 is 1.88 bits per heavy atom. The number of hydrogen-bond acceptors (Lipinski definition) is 3. The highest BCUT2D eigenvalue weighted by Gasteiger charge is 2.13. The van der Waals surface area contributed by atoms with Gasteiger partial charge in [-0.3, -0.25) is 4.79 Å². The van der Waals surface area contributed by atoms with E-state index in [9.17, 15) is 4.79 Å². The maximum atomic E-state index is 11.9. The average molecular weight is 233 g/mol. The molecule has 0 bridgehead atoms. The molecule has 0 fully saturated rings. The normalized spacial score (nSPS) is 11.5. The average Bonchev–Trinajstić information content (AvgIpc) is 2.39. The number of carbonyl (C=O) groups excluding carboxylic acids is 1. The largest absolute Gasteiger partial charge is 0.411 e. The lowest BCUT2D eigenvalue weighted by atomic mass is 10.0. The third-order valence-corrected chi connectivity index (χ3v) is 2.69. The summed E-state index contributed by atoms with van der Waals surface area (Å²) in [4.78, 5) is 11.9. The van der Waals surface area contributed by atoms with Crippen LogP contribution in [0.25, 0.3) is 0 Å². The van der Waals surface area contributed by atoms with E-state index < -0.39 is 0 Å². The van der Waals surface area contributed by atoms with Gasteiger partial charge >= 0.3 is 0 Å². The van der Waals surface area contributed by atoms with Crippen molar-refractivity contribution in [2.24, 2.45) is 5.16 Å². The summed E-state index contributed by atoms with van der Waals surface area (Å²) < 4.78 is 0. The summed E-state index contributed by atoms with van der Waals surface area (Å²) in [5, 5.41) is 12.0. The Kier molecular flexibility index (Phi) is 6.00. The van der Waals surface area contributed by atoms with E-state index in [-0.39, 0.29) is 11.5 Å².